The zero-order valence-electron chi connectivity index (χ0n) is 14.0. The van der Waals surface area contributed by atoms with Crippen molar-refractivity contribution in [2.24, 2.45) is 0 Å². The highest BCUT2D eigenvalue weighted by Gasteiger charge is 2.13. The average Bonchev–Trinajstić information content (AvgIpc) is 2.50. The molecule has 2 N–H and O–H groups in total. The van der Waals surface area contributed by atoms with Gasteiger partial charge in [0.25, 0.3) is 0 Å². The Morgan fingerprint density at radius 3 is 2.14 bits per heavy atom. The van der Waals surface area contributed by atoms with Gasteiger partial charge >= 0.3 is 0 Å². The van der Waals surface area contributed by atoms with Crippen LogP contribution in [0.2, 0.25) is 0 Å². The molecule has 0 aromatic carbocycles. The molecule has 0 saturated heterocycles. The number of hydrogen-bond donors (Lipinski definition) is 2. The molecule has 4 heteroatoms. The van der Waals surface area contributed by atoms with Gasteiger partial charge in [-0.05, 0) is 31.8 Å². The van der Waals surface area contributed by atoms with Crippen LogP contribution in [0.1, 0.15) is 78.1 Å². The number of carbonyl (C=O) groups excluding carboxylic acids is 2. The fourth-order valence-electron chi connectivity index (χ4n) is 2.43. The molecule has 0 heterocycles. The maximum absolute atomic E-state index is 11.9. The highest BCUT2D eigenvalue weighted by Crippen LogP contribution is 2.15. The van der Waals surface area contributed by atoms with Crippen LogP contribution in [0.4, 0.5) is 0 Å². The Bertz CT molecular complexity index is 425. The predicted molar refractivity (Wildman–Crippen MR) is 90.0 cm³/mol. The molecule has 1 rings (SSSR count). The number of unbranched alkanes of at least 4 members (excludes halogenated alkanes) is 4. The minimum atomic E-state index is 0.0349. The van der Waals surface area contributed by atoms with Crippen LogP contribution in [0, 0.1) is 0 Å². The van der Waals surface area contributed by atoms with Gasteiger partial charge in [-0.25, -0.2) is 0 Å². The van der Waals surface area contributed by atoms with Crippen molar-refractivity contribution in [3.05, 3.63) is 23.5 Å². The normalized spacial score (nSPS) is 14.1. The fourth-order valence-corrected chi connectivity index (χ4v) is 2.43. The van der Waals surface area contributed by atoms with Gasteiger partial charge in [0, 0.05) is 18.5 Å². The average molecular weight is 306 g/mol. The van der Waals surface area contributed by atoms with Crippen LogP contribution in [-0.2, 0) is 9.59 Å². The summed E-state index contributed by atoms with van der Waals surface area (Å²) in [6, 6.07) is 0. The van der Waals surface area contributed by atoms with Crippen molar-refractivity contribution in [1.82, 2.24) is 10.6 Å². The first kappa shape index (κ1) is 18.5. The third-order valence-electron chi connectivity index (χ3n) is 3.75. The molecule has 0 saturated carbocycles. The van der Waals surface area contributed by atoms with Crippen LogP contribution in [-0.4, -0.2) is 11.8 Å². The first-order chi connectivity index (χ1) is 10.7. The second-order valence-electron chi connectivity index (χ2n) is 5.84. The Morgan fingerprint density at radius 1 is 0.955 bits per heavy atom. The van der Waals surface area contributed by atoms with Gasteiger partial charge in [0.05, 0.1) is 5.70 Å². The minimum Gasteiger partial charge on any atom is -0.328 e. The Hall–Kier alpha value is -1.58. The van der Waals surface area contributed by atoms with Crippen LogP contribution in [0.25, 0.3) is 0 Å². The molecule has 0 radical (unpaired) electrons. The molecule has 0 aromatic rings. The zero-order valence-corrected chi connectivity index (χ0v) is 14.0. The highest BCUT2D eigenvalue weighted by atomic mass is 16.2. The van der Waals surface area contributed by atoms with Gasteiger partial charge in [0.1, 0.15) is 0 Å². The number of rotatable bonds is 10. The second-order valence-corrected chi connectivity index (χ2v) is 5.84. The summed E-state index contributed by atoms with van der Waals surface area (Å²) in [6.45, 7) is 4.25. The van der Waals surface area contributed by atoms with Crippen molar-refractivity contribution < 1.29 is 9.59 Å². The van der Waals surface area contributed by atoms with Crippen molar-refractivity contribution in [1.29, 1.82) is 0 Å². The van der Waals surface area contributed by atoms with E-state index in [2.05, 4.69) is 24.5 Å². The van der Waals surface area contributed by atoms with Gasteiger partial charge in [0.2, 0.25) is 11.8 Å². The SMILES string of the molecule is CCCCCC(=O)NC1=C(NC(=O)CCCCC)CCC=C1. The topological polar surface area (TPSA) is 58.2 Å². The molecule has 0 bridgehead atoms. The lowest BCUT2D eigenvalue weighted by atomic mass is 10.1. The highest BCUT2D eigenvalue weighted by molar-refractivity contribution is 5.80. The fraction of sp³-hybridized carbons (Fsp3) is 0.667. The molecule has 124 valence electrons. The first-order valence-corrected chi connectivity index (χ1v) is 8.66. The summed E-state index contributed by atoms with van der Waals surface area (Å²) < 4.78 is 0. The third kappa shape index (κ3) is 7.43. The summed E-state index contributed by atoms with van der Waals surface area (Å²) in [7, 11) is 0. The Kier molecular flexibility index (Phi) is 9.28. The molecule has 0 atom stereocenters. The van der Waals surface area contributed by atoms with E-state index in [1.165, 1.54) is 0 Å². The molecular formula is C18H30N2O2. The molecule has 0 spiro atoms. The summed E-state index contributed by atoms with van der Waals surface area (Å²) in [5, 5.41) is 5.91. The van der Waals surface area contributed by atoms with Crippen LogP contribution < -0.4 is 10.6 Å². The van der Waals surface area contributed by atoms with Crippen LogP contribution in [0.5, 0.6) is 0 Å². The molecule has 2 amide bonds. The van der Waals surface area contributed by atoms with E-state index in [4.69, 9.17) is 0 Å². The molecule has 1 aliphatic rings. The maximum atomic E-state index is 11.9. The quantitative estimate of drug-likeness (QED) is 0.601. The van der Waals surface area contributed by atoms with E-state index < -0.39 is 0 Å². The predicted octanol–water partition coefficient (Wildman–Crippen LogP) is 3.94. The van der Waals surface area contributed by atoms with Crippen molar-refractivity contribution in [3.63, 3.8) is 0 Å². The van der Waals surface area contributed by atoms with Gasteiger partial charge in [-0.3, -0.25) is 9.59 Å². The lowest BCUT2D eigenvalue weighted by molar-refractivity contribution is -0.121. The summed E-state index contributed by atoms with van der Waals surface area (Å²) in [5.74, 6) is 0.0872. The van der Waals surface area contributed by atoms with Crippen LogP contribution in [0.15, 0.2) is 23.5 Å². The van der Waals surface area contributed by atoms with E-state index in [1.807, 2.05) is 12.2 Å². The first-order valence-electron chi connectivity index (χ1n) is 8.66. The van der Waals surface area contributed by atoms with E-state index >= 15 is 0 Å². The summed E-state index contributed by atoms with van der Waals surface area (Å²) in [6.07, 6.45) is 12.9. The minimum absolute atomic E-state index is 0.0349. The van der Waals surface area contributed by atoms with Crippen molar-refractivity contribution in [2.75, 3.05) is 0 Å². The largest absolute Gasteiger partial charge is 0.328 e. The molecule has 1 aliphatic carbocycles. The molecule has 22 heavy (non-hydrogen) atoms. The molecular weight excluding hydrogens is 276 g/mol. The standard InChI is InChI=1S/C18H30N2O2/c1-3-5-7-13-17(21)19-15-11-9-10-12-16(15)20-18(22)14-8-6-4-2/h9,11H,3-8,10,12-14H2,1-2H3,(H,19,21)(H,20,22). The number of allylic oxidation sites excluding steroid dienone is 3. The monoisotopic (exact) mass is 306 g/mol. The second kappa shape index (κ2) is 11.0. The summed E-state index contributed by atoms with van der Waals surface area (Å²) in [5.41, 5.74) is 1.62. The van der Waals surface area contributed by atoms with E-state index in [0.717, 1.165) is 62.8 Å². The van der Waals surface area contributed by atoms with Gasteiger partial charge < -0.3 is 10.6 Å². The number of hydrogen-bond acceptors (Lipinski definition) is 2. The Balaban J connectivity index is 2.51. The van der Waals surface area contributed by atoms with Crippen molar-refractivity contribution in [3.8, 4) is 0 Å². The Morgan fingerprint density at radius 2 is 1.55 bits per heavy atom. The van der Waals surface area contributed by atoms with Crippen molar-refractivity contribution >= 4 is 11.8 Å². The van der Waals surface area contributed by atoms with Gasteiger partial charge in [-0.1, -0.05) is 45.6 Å². The summed E-state index contributed by atoms with van der Waals surface area (Å²) in [4.78, 5) is 23.9. The maximum Gasteiger partial charge on any atom is 0.224 e. The molecule has 0 unspecified atom stereocenters. The smallest absolute Gasteiger partial charge is 0.224 e. The molecule has 4 nitrogen and oxygen atoms in total. The van der Waals surface area contributed by atoms with E-state index in [-0.39, 0.29) is 11.8 Å². The number of nitrogens with one attached hydrogen (secondary N) is 2. The number of carbonyl (C=O) groups is 2. The van der Waals surface area contributed by atoms with Crippen molar-refractivity contribution in [2.45, 2.75) is 78.1 Å². The van der Waals surface area contributed by atoms with Gasteiger partial charge in [-0.2, -0.15) is 0 Å². The van der Waals surface area contributed by atoms with E-state index in [1.54, 1.807) is 0 Å². The lowest BCUT2D eigenvalue weighted by Crippen LogP contribution is -2.30. The van der Waals surface area contributed by atoms with E-state index in [0.29, 0.717) is 12.8 Å². The van der Waals surface area contributed by atoms with Gasteiger partial charge in [-0.15, -0.1) is 0 Å². The molecule has 0 aliphatic heterocycles. The third-order valence-corrected chi connectivity index (χ3v) is 3.75. The summed E-state index contributed by atoms with van der Waals surface area (Å²) >= 11 is 0. The van der Waals surface area contributed by atoms with Crippen LogP contribution in [0.3, 0.4) is 0 Å². The van der Waals surface area contributed by atoms with E-state index in [9.17, 15) is 9.59 Å². The lowest BCUT2D eigenvalue weighted by Gasteiger charge is -2.18. The molecule has 0 aromatic heterocycles. The zero-order chi connectivity index (χ0) is 16.2. The van der Waals surface area contributed by atoms with Gasteiger partial charge in [0.15, 0.2) is 0 Å². The van der Waals surface area contributed by atoms with Crippen LogP contribution >= 0.6 is 0 Å². The number of amides is 2. The molecule has 0 fully saturated rings. The Labute approximate surface area is 134 Å².